The Balaban J connectivity index is 2.26. The van der Waals surface area contributed by atoms with Gasteiger partial charge in [0.1, 0.15) is 6.33 Å². The van der Waals surface area contributed by atoms with Crippen molar-refractivity contribution in [2.75, 3.05) is 17.7 Å². The van der Waals surface area contributed by atoms with Crippen molar-refractivity contribution in [1.29, 1.82) is 0 Å². The summed E-state index contributed by atoms with van der Waals surface area (Å²) in [6.45, 7) is 2.17. The molecule has 7 nitrogen and oxygen atoms in total. The molecule has 0 aromatic carbocycles. The molecule has 1 aromatic heterocycles. The zero-order chi connectivity index (χ0) is 13.8. The highest BCUT2D eigenvalue weighted by atomic mass is 16.6. The molecule has 1 aliphatic carbocycles. The Kier molecular flexibility index (Phi) is 4.13. The van der Waals surface area contributed by atoms with E-state index in [1.807, 2.05) is 0 Å². The van der Waals surface area contributed by atoms with Crippen molar-refractivity contribution in [3.05, 3.63) is 16.4 Å². The normalized spacial score (nSPS) is 22.8. The van der Waals surface area contributed by atoms with Crippen LogP contribution in [0.15, 0.2) is 6.33 Å². The van der Waals surface area contributed by atoms with Crippen LogP contribution in [-0.2, 0) is 0 Å². The Morgan fingerprint density at radius 1 is 1.32 bits per heavy atom. The molecule has 2 rings (SSSR count). The molecule has 0 radical (unpaired) electrons. The third-order valence-corrected chi connectivity index (χ3v) is 3.68. The van der Waals surface area contributed by atoms with Gasteiger partial charge in [-0.2, -0.15) is 0 Å². The summed E-state index contributed by atoms with van der Waals surface area (Å²) in [6.07, 6.45) is 5.90. The minimum Gasteiger partial charge on any atom is -0.367 e. The minimum absolute atomic E-state index is 0.0808. The van der Waals surface area contributed by atoms with Gasteiger partial charge in [-0.15, -0.1) is 0 Å². The maximum absolute atomic E-state index is 11.2. The molecule has 1 aromatic rings. The number of hydrogen-bond acceptors (Lipinski definition) is 6. The quantitative estimate of drug-likeness (QED) is 0.641. The van der Waals surface area contributed by atoms with Crippen LogP contribution in [0.2, 0.25) is 0 Å². The van der Waals surface area contributed by atoms with Crippen molar-refractivity contribution in [3.63, 3.8) is 0 Å². The summed E-state index contributed by atoms with van der Waals surface area (Å²) in [5.74, 6) is 1.05. The van der Waals surface area contributed by atoms with E-state index in [1.165, 1.54) is 12.7 Å². The molecular weight excluding hydrogens is 246 g/mol. The van der Waals surface area contributed by atoms with Crippen LogP contribution >= 0.6 is 0 Å². The first-order chi connectivity index (χ1) is 9.13. The first-order valence-corrected chi connectivity index (χ1v) is 6.57. The Bertz CT molecular complexity index is 465. The van der Waals surface area contributed by atoms with Crippen molar-refractivity contribution >= 4 is 17.3 Å². The van der Waals surface area contributed by atoms with E-state index >= 15 is 0 Å². The van der Waals surface area contributed by atoms with Crippen LogP contribution in [-0.4, -0.2) is 28.0 Å². The van der Waals surface area contributed by atoms with E-state index in [0.29, 0.717) is 11.7 Å². The average molecular weight is 265 g/mol. The molecule has 0 saturated heterocycles. The molecule has 0 spiro atoms. The summed E-state index contributed by atoms with van der Waals surface area (Å²) in [4.78, 5) is 18.6. The number of nitrogens with one attached hydrogen (secondary N) is 2. The molecule has 2 atom stereocenters. The summed E-state index contributed by atoms with van der Waals surface area (Å²) in [5.41, 5.74) is -0.0808. The summed E-state index contributed by atoms with van der Waals surface area (Å²) >= 11 is 0. The molecule has 104 valence electrons. The summed E-state index contributed by atoms with van der Waals surface area (Å²) in [6, 6.07) is 0.243. The molecule has 0 aliphatic heterocycles. The van der Waals surface area contributed by atoms with E-state index in [1.54, 1.807) is 7.05 Å². The third-order valence-electron chi connectivity index (χ3n) is 3.68. The fraction of sp³-hybridized carbons (Fsp3) is 0.667. The van der Waals surface area contributed by atoms with Gasteiger partial charge < -0.3 is 10.6 Å². The van der Waals surface area contributed by atoms with Crippen LogP contribution in [0.1, 0.15) is 32.6 Å². The van der Waals surface area contributed by atoms with Crippen molar-refractivity contribution in [3.8, 4) is 0 Å². The monoisotopic (exact) mass is 265 g/mol. The van der Waals surface area contributed by atoms with Crippen LogP contribution in [0.4, 0.5) is 17.3 Å². The highest BCUT2D eigenvalue weighted by Crippen LogP contribution is 2.32. The number of aromatic nitrogens is 2. The summed E-state index contributed by atoms with van der Waals surface area (Å²) in [7, 11) is 1.61. The molecule has 1 aliphatic rings. The fourth-order valence-corrected chi connectivity index (χ4v) is 2.55. The zero-order valence-corrected chi connectivity index (χ0v) is 11.2. The van der Waals surface area contributed by atoms with Crippen LogP contribution < -0.4 is 10.6 Å². The van der Waals surface area contributed by atoms with Gasteiger partial charge in [-0.25, -0.2) is 9.97 Å². The number of hydrogen-bond donors (Lipinski definition) is 2. The van der Waals surface area contributed by atoms with Gasteiger partial charge >= 0.3 is 5.69 Å². The molecule has 0 amide bonds. The average Bonchev–Trinajstić information content (AvgIpc) is 2.40. The van der Waals surface area contributed by atoms with Gasteiger partial charge in [-0.1, -0.05) is 19.8 Å². The van der Waals surface area contributed by atoms with Crippen molar-refractivity contribution in [1.82, 2.24) is 9.97 Å². The lowest BCUT2D eigenvalue weighted by Gasteiger charge is -2.29. The van der Waals surface area contributed by atoms with Gasteiger partial charge in [0, 0.05) is 13.1 Å². The lowest BCUT2D eigenvalue weighted by atomic mass is 9.86. The summed E-state index contributed by atoms with van der Waals surface area (Å²) < 4.78 is 0. The predicted molar refractivity (Wildman–Crippen MR) is 73.3 cm³/mol. The Morgan fingerprint density at radius 2 is 2.00 bits per heavy atom. The highest BCUT2D eigenvalue weighted by molar-refractivity contribution is 5.69. The molecular formula is C12H19N5O2. The van der Waals surface area contributed by atoms with Crippen molar-refractivity contribution in [2.24, 2.45) is 5.92 Å². The maximum Gasteiger partial charge on any atom is 0.353 e. The molecule has 2 N–H and O–H groups in total. The Labute approximate surface area is 112 Å². The standard InChI is InChI=1S/C12H19N5O2/c1-8-5-3-4-6-9(8)16-12-10(17(18)19)11(13-2)14-7-15-12/h7-9H,3-6H2,1-2H3,(H2,13,14,15,16)/t8-,9+/m1/s1. The van der Waals surface area contributed by atoms with Crippen LogP contribution in [0, 0.1) is 16.0 Å². The topological polar surface area (TPSA) is 93.0 Å². The second kappa shape index (κ2) is 5.81. The number of anilines is 2. The van der Waals surface area contributed by atoms with Crippen LogP contribution in [0.25, 0.3) is 0 Å². The smallest absolute Gasteiger partial charge is 0.353 e. The highest BCUT2D eigenvalue weighted by Gasteiger charge is 2.27. The molecule has 1 fully saturated rings. The Hall–Kier alpha value is -1.92. The van der Waals surface area contributed by atoms with Gasteiger partial charge in [0.2, 0.25) is 11.6 Å². The molecule has 0 bridgehead atoms. The Morgan fingerprint density at radius 3 is 2.63 bits per heavy atom. The minimum atomic E-state index is -0.443. The number of rotatable bonds is 4. The van der Waals surface area contributed by atoms with Crippen molar-refractivity contribution < 1.29 is 4.92 Å². The number of nitro groups is 1. The van der Waals surface area contributed by atoms with E-state index in [2.05, 4.69) is 27.5 Å². The van der Waals surface area contributed by atoms with Crippen molar-refractivity contribution in [2.45, 2.75) is 38.6 Å². The second-order valence-electron chi connectivity index (χ2n) is 4.94. The maximum atomic E-state index is 11.2. The largest absolute Gasteiger partial charge is 0.367 e. The van der Waals surface area contributed by atoms with Crippen LogP contribution in [0.5, 0.6) is 0 Å². The lowest BCUT2D eigenvalue weighted by Crippen LogP contribution is -2.31. The van der Waals surface area contributed by atoms with Gasteiger partial charge in [0.15, 0.2) is 0 Å². The second-order valence-corrected chi connectivity index (χ2v) is 4.94. The predicted octanol–water partition coefficient (Wildman–Crippen LogP) is 2.42. The zero-order valence-electron chi connectivity index (χ0n) is 11.2. The molecule has 0 unspecified atom stereocenters. The van der Waals surface area contributed by atoms with E-state index in [9.17, 15) is 10.1 Å². The van der Waals surface area contributed by atoms with E-state index in [0.717, 1.165) is 19.3 Å². The third kappa shape index (κ3) is 2.91. The van der Waals surface area contributed by atoms with Crippen LogP contribution in [0.3, 0.4) is 0 Å². The van der Waals surface area contributed by atoms with Gasteiger partial charge in [-0.05, 0) is 18.8 Å². The molecule has 1 saturated carbocycles. The summed E-state index contributed by atoms with van der Waals surface area (Å²) in [5, 5.41) is 17.1. The number of nitrogens with zero attached hydrogens (tertiary/aromatic N) is 3. The van der Waals surface area contributed by atoms with Gasteiger partial charge in [-0.3, -0.25) is 10.1 Å². The molecule has 19 heavy (non-hydrogen) atoms. The van der Waals surface area contributed by atoms with E-state index < -0.39 is 4.92 Å². The molecule has 7 heteroatoms. The van der Waals surface area contributed by atoms with E-state index in [4.69, 9.17) is 0 Å². The van der Waals surface area contributed by atoms with Gasteiger partial charge in [0.05, 0.1) is 4.92 Å². The SMILES string of the molecule is CNc1ncnc(N[C@H]2CCCC[C@H]2C)c1[N+](=O)[O-]. The first kappa shape index (κ1) is 13.5. The first-order valence-electron chi connectivity index (χ1n) is 6.57. The lowest BCUT2D eigenvalue weighted by molar-refractivity contribution is -0.383. The van der Waals surface area contributed by atoms with Gasteiger partial charge in [0.25, 0.3) is 0 Å². The van der Waals surface area contributed by atoms with E-state index in [-0.39, 0.29) is 17.5 Å². The fourth-order valence-electron chi connectivity index (χ4n) is 2.55. The molecule has 1 heterocycles.